The summed E-state index contributed by atoms with van der Waals surface area (Å²) < 4.78 is 1.23. The van der Waals surface area contributed by atoms with Gasteiger partial charge >= 0.3 is 0 Å². The fraction of sp³-hybridized carbons (Fsp3) is 0.500. The molecule has 1 unspecified atom stereocenters. The lowest BCUT2D eigenvalue weighted by molar-refractivity contribution is 0.443. The molecule has 1 fully saturated rings. The smallest absolute Gasteiger partial charge is 0.0410 e. The molecule has 1 nitrogen and oxygen atoms in total. The van der Waals surface area contributed by atoms with Crippen molar-refractivity contribution in [1.82, 2.24) is 0 Å². The van der Waals surface area contributed by atoms with Gasteiger partial charge in [-0.1, -0.05) is 24.4 Å². The Bertz CT molecular complexity index is 347. The van der Waals surface area contributed by atoms with Gasteiger partial charge < -0.3 is 5.73 Å². The molecule has 1 aliphatic carbocycles. The molecule has 15 heavy (non-hydrogen) atoms. The number of benzene rings is 1. The van der Waals surface area contributed by atoms with Gasteiger partial charge in [0.2, 0.25) is 0 Å². The molecule has 3 heteroatoms. The minimum Gasteiger partial charge on any atom is -0.324 e. The Hall–Kier alpha value is 0.200. The maximum absolute atomic E-state index is 6.31. The van der Waals surface area contributed by atoms with Crippen molar-refractivity contribution >= 4 is 34.2 Å². The van der Waals surface area contributed by atoms with Crippen molar-refractivity contribution in [2.75, 3.05) is 0 Å². The number of rotatable bonds is 2. The standard InChI is InChI=1S/C12H15ClIN/c13-9-5-6-11(14)10(7-9)12(15)8-3-1-2-4-8/h5-8,12H,1-4,15H2. The summed E-state index contributed by atoms with van der Waals surface area (Å²) in [6, 6.07) is 6.16. The Kier molecular flexibility index (Phi) is 3.91. The molecule has 0 radical (unpaired) electrons. The van der Waals surface area contributed by atoms with Crippen molar-refractivity contribution in [1.29, 1.82) is 0 Å². The largest absolute Gasteiger partial charge is 0.324 e. The normalized spacial score (nSPS) is 19.4. The molecule has 0 spiro atoms. The highest BCUT2D eigenvalue weighted by atomic mass is 127. The number of hydrogen-bond donors (Lipinski definition) is 1. The van der Waals surface area contributed by atoms with Crippen LogP contribution in [0.5, 0.6) is 0 Å². The van der Waals surface area contributed by atoms with E-state index in [0.717, 1.165) is 5.02 Å². The average molecular weight is 336 g/mol. The predicted molar refractivity (Wildman–Crippen MR) is 73.1 cm³/mol. The van der Waals surface area contributed by atoms with Crippen LogP contribution < -0.4 is 5.73 Å². The fourth-order valence-corrected chi connectivity index (χ4v) is 3.22. The number of hydrogen-bond acceptors (Lipinski definition) is 1. The van der Waals surface area contributed by atoms with Crippen LogP contribution in [0.3, 0.4) is 0 Å². The first-order valence-electron chi connectivity index (χ1n) is 5.39. The number of nitrogens with two attached hydrogens (primary N) is 1. The Morgan fingerprint density at radius 1 is 1.33 bits per heavy atom. The highest BCUT2D eigenvalue weighted by molar-refractivity contribution is 14.1. The first-order valence-corrected chi connectivity index (χ1v) is 6.84. The molecule has 0 heterocycles. The van der Waals surface area contributed by atoms with Crippen LogP contribution in [0.25, 0.3) is 0 Å². The molecule has 82 valence electrons. The molecule has 0 amide bonds. The van der Waals surface area contributed by atoms with Gasteiger partial charge in [-0.3, -0.25) is 0 Å². The van der Waals surface area contributed by atoms with Crippen LogP contribution in [0, 0.1) is 9.49 Å². The highest BCUT2D eigenvalue weighted by Crippen LogP contribution is 2.36. The van der Waals surface area contributed by atoms with E-state index in [0.29, 0.717) is 5.92 Å². The van der Waals surface area contributed by atoms with Gasteiger partial charge in [0.15, 0.2) is 0 Å². The lowest BCUT2D eigenvalue weighted by atomic mass is 9.93. The van der Waals surface area contributed by atoms with E-state index in [1.807, 2.05) is 18.2 Å². The molecular formula is C12H15ClIN. The molecule has 1 aromatic rings. The van der Waals surface area contributed by atoms with Crippen molar-refractivity contribution in [2.45, 2.75) is 31.7 Å². The molecule has 0 saturated heterocycles. The molecule has 1 aromatic carbocycles. The Labute approximate surface area is 110 Å². The van der Waals surface area contributed by atoms with Crippen LogP contribution in [-0.4, -0.2) is 0 Å². The second-order valence-electron chi connectivity index (χ2n) is 4.24. The highest BCUT2D eigenvalue weighted by Gasteiger charge is 2.24. The molecule has 0 aromatic heterocycles. The molecule has 1 aliphatic rings. The quantitative estimate of drug-likeness (QED) is 0.808. The number of halogens is 2. The van der Waals surface area contributed by atoms with Crippen molar-refractivity contribution < 1.29 is 0 Å². The van der Waals surface area contributed by atoms with Gasteiger partial charge in [-0.2, -0.15) is 0 Å². The third-order valence-electron chi connectivity index (χ3n) is 3.22. The second-order valence-corrected chi connectivity index (χ2v) is 5.83. The topological polar surface area (TPSA) is 26.0 Å². The fourth-order valence-electron chi connectivity index (χ4n) is 2.34. The van der Waals surface area contributed by atoms with Crippen LogP contribution in [0.4, 0.5) is 0 Å². The Morgan fingerprint density at radius 2 is 2.00 bits per heavy atom. The van der Waals surface area contributed by atoms with Gasteiger partial charge in [0, 0.05) is 14.6 Å². The van der Waals surface area contributed by atoms with E-state index in [1.54, 1.807) is 0 Å². The Balaban J connectivity index is 2.23. The van der Waals surface area contributed by atoms with Crippen molar-refractivity contribution in [3.05, 3.63) is 32.4 Å². The van der Waals surface area contributed by atoms with Crippen molar-refractivity contribution in [3.8, 4) is 0 Å². The molecule has 0 aliphatic heterocycles. The summed E-state index contributed by atoms with van der Waals surface area (Å²) in [5.41, 5.74) is 7.52. The summed E-state index contributed by atoms with van der Waals surface area (Å²) in [4.78, 5) is 0. The van der Waals surface area contributed by atoms with Gasteiger partial charge in [-0.15, -0.1) is 0 Å². The van der Waals surface area contributed by atoms with Crippen molar-refractivity contribution in [2.24, 2.45) is 11.7 Å². The van der Waals surface area contributed by atoms with Gasteiger partial charge in [0.1, 0.15) is 0 Å². The van der Waals surface area contributed by atoms with Gasteiger partial charge in [-0.05, 0) is 65.1 Å². The predicted octanol–water partition coefficient (Wildman–Crippen LogP) is 4.13. The third kappa shape index (κ3) is 2.66. The zero-order valence-corrected chi connectivity index (χ0v) is 11.5. The summed E-state index contributed by atoms with van der Waals surface area (Å²) in [6.07, 6.45) is 5.19. The lowest BCUT2D eigenvalue weighted by Gasteiger charge is -2.20. The summed E-state index contributed by atoms with van der Waals surface area (Å²) in [5, 5.41) is 0.791. The zero-order valence-electron chi connectivity index (χ0n) is 8.55. The van der Waals surface area contributed by atoms with Crippen LogP contribution in [0.2, 0.25) is 5.02 Å². The maximum Gasteiger partial charge on any atom is 0.0410 e. The third-order valence-corrected chi connectivity index (χ3v) is 4.44. The summed E-state index contributed by atoms with van der Waals surface area (Å²) in [6.45, 7) is 0. The first kappa shape index (κ1) is 11.7. The molecule has 0 bridgehead atoms. The van der Waals surface area contributed by atoms with Crippen LogP contribution in [0.15, 0.2) is 18.2 Å². The summed E-state index contributed by atoms with van der Waals surface area (Å²) in [7, 11) is 0. The SMILES string of the molecule is NC(c1cc(Cl)ccc1I)C1CCCC1. The van der Waals surface area contributed by atoms with Crippen LogP contribution in [-0.2, 0) is 0 Å². The Morgan fingerprint density at radius 3 is 2.67 bits per heavy atom. The molecule has 2 rings (SSSR count). The van der Waals surface area contributed by atoms with Gasteiger partial charge in [0.05, 0.1) is 0 Å². The van der Waals surface area contributed by atoms with Gasteiger partial charge in [-0.25, -0.2) is 0 Å². The van der Waals surface area contributed by atoms with Crippen LogP contribution >= 0.6 is 34.2 Å². The molecule has 1 saturated carbocycles. The van der Waals surface area contributed by atoms with E-state index in [9.17, 15) is 0 Å². The minimum absolute atomic E-state index is 0.165. The minimum atomic E-state index is 0.165. The monoisotopic (exact) mass is 335 g/mol. The van der Waals surface area contributed by atoms with E-state index < -0.39 is 0 Å². The second kappa shape index (κ2) is 5.02. The summed E-state index contributed by atoms with van der Waals surface area (Å²) in [5.74, 6) is 0.650. The van der Waals surface area contributed by atoms with E-state index in [2.05, 4.69) is 22.6 Å². The van der Waals surface area contributed by atoms with E-state index in [-0.39, 0.29) is 6.04 Å². The van der Waals surface area contributed by atoms with E-state index in [4.69, 9.17) is 17.3 Å². The van der Waals surface area contributed by atoms with Crippen LogP contribution in [0.1, 0.15) is 37.3 Å². The van der Waals surface area contributed by atoms with E-state index in [1.165, 1.54) is 34.8 Å². The zero-order chi connectivity index (χ0) is 10.8. The lowest BCUT2D eigenvalue weighted by Crippen LogP contribution is -2.20. The average Bonchev–Trinajstić information content (AvgIpc) is 2.74. The maximum atomic E-state index is 6.31. The van der Waals surface area contributed by atoms with Gasteiger partial charge in [0.25, 0.3) is 0 Å². The molecule has 1 atom stereocenters. The van der Waals surface area contributed by atoms with Crippen molar-refractivity contribution in [3.63, 3.8) is 0 Å². The first-order chi connectivity index (χ1) is 7.18. The molecule has 2 N–H and O–H groups in total. The molecular weight excluding hydrogens is 320 g/mol. The van der Waals surface area contributed by atoms with E-state index >= 15 is 0 Å². The summed E-state index contributed by atoms with van der Waals surface area (Å²) >= 11 is 8.35.